The minimum absolute atomic E-state index is 0.130. The molecule has 6 nitrogen and oxygen atoms in total. The van der Waals surface area contributed by atoms with E-state index in [9.17, 15) is 9.59 Å². The van der Waals surface area contributed by atoms with Crippen LogP contribution in [0.4, 0.5) is 0 Å². The Morgan fingerprint density at radius 1 is 1.10 bits per heavy atom. The first-order chi connectivity index (χ1) is 14.1. The molecule has 29 heavy (non-hydrogen) atoms. The number of esters is 1. The maximum atomic E-state index is 12.5. The molecule has 0 atom stereocenters. The van der Waals surface area contributed by atoms with E-state index in [0.29, 0.717) is 18.7 Å². The van der Waals surface area contributed by atoms with Gasteiger partial charge in [0.2, 0.25) is 5.76 Å². The van der Waals surface area contributed by atoms with Gasteiger partial charge in [-0.05, 0) is 46.7 Å². The van der Waals surface area contributed by atoms with E-state index in [2.05, 4.69) is 32.9 Å². The van der Waals surface area contributed by atoms with Gasteiger partial charge in [-0.25, -0.2) is 4.79 Å². The first kappa shape index (κ1) is 20.9. The Labute approximate surface area is 182 Å². The molecular formula is C22H21IN2O4. The van der Waals surface area contributed by atoms with Crippen molar-refractivity contribution in [2.45, 2.75) is 13.0 Å². The van der Waals surface area contributed by atoms with Gasteiger partial charge in [0.25, 0.3) is 5.91 Å². The number of amides is 1. The summed E-state index contributed by atoms with van der Waals surface area (Å²) in [5.74, 6) is -0.605. The van der Waals surface area contributed by atoms with Crippen LogP contribution in [0.3, 0.4) is 0 Å². The molecule has 0 aliphatic carbocycles. The molecule has 0 aliphatic rings. The molecule has 0 unspecified atom stereocenters. The largest absolute Gasteiger partial charge is 0.482 e. The highest BCUT2D eigenvalue weighted by Gasteiger charge is 2.15. The molecule has 0 saturated heterocycles. The van der Waals surface area contributed by atoms with Gasteiger partial charge in [-0.3, -0.25) is 4.79 Å². The Bertz CT molecular complexity index is 1030. The number of carbonyl (C=O) groups excluding carboxylic acids is 2. The fourth-order valence-electron chi connectivity index (χ4n) is 2.78. The zero-order valence-electron chi connectivity index (χ0n) is 15.9. The van der Waals surface area contributed by atoms with Crippen molar-refractivity contribution in [1.29, 1.82) is 0 Å². The second-order valence-corrected chi connectivity index (χ2v) is 7.32. The molecule has 2 N–H and O–H groups in total. The zero-order valence-corrected chi connectivity index (χ0v) is 18.1. The second-order valence-electron chi connectivity index (χ2n) is 6.24. The van der Waals surface area contributed by atoms with Gasteiger partial charge in [0.15, 0.2) is 0 Å². The predicted molar refractivity (Wildman–Crippen MR) is 119 cm³/mol. The Balaban J connectivity index is 1.57. The van der Waals surface area contributed by atoms with Gasteiger partial charge in [-0.2, -0.15) is 0 Å². The molecule has 0 spiro atoms. The first-order valence-corrected chi connectivity index (χ1v) is 10.2. The van der Waals surface area contributed by atoms with Gasteiger partial charge < -0.3 is 19.8 Å². The summed E-state index contributed by atoms with van der Waals surface area (Å²) in [6.45, 7) is 0.626. The van der Waals surface area contributed by atoms with Gasteiger partial charge in [-0.15, -0.1) is 0 Å². The molecule has 3 aromatic rings. The van der Waals surface area contributed by atoms with Gasteiger partial charge in [0.1, 0.15) is 12.3 Å². The number of aromatic amines is 1. The fraction of sp³-hybridized carbons (Fsp3) is 0.182. The van der Waals surface area contributed by atoms with Gasteiger partial charge in [-0.1, -0.05) is 48.5 Å². The quantitative estimate of drug-likeness (QED) is 0.159. The number of benzene rings is 2. The second kappa shape index (κ2) is 10.1. The SMILES string of the molecule is COC(=O)/C(=C\CCNC(=O)c1[nH]c2ccccc2c1I)OCc1ccccc1. The van der Waals surface area contributed by atoms with Crippen LogP contribution in [0.15, 0.2) is 66.4 Å². The average Bonchev–Trinajstić information content (AvgIpc) is 3.10. The van der Waals surface area contributed by atoms with E-state index in [0.717, 1.165) is 20.0 Å². The van der Waals surface area contributed by atoms with Crippen LogP contribution in [0, 0.1) is 3.57 Å². The summed E-state index contributed by atoms with van der Waals surface area (Å²) >= 11 is 2.17. The molecule has 1 aromatic heterocycles. The van der Waals surface area contributed by atoms with E-state index in [4.69, 9.17) is 9.47 Å². The molecule has 0 bridgehead atoms. The van der Waals surface area contributed by atoms with Crippen molar-refractivity contribution in [3.8, 4) is 0 Å². The highest BCUT2D eigenvalue weighted by atomic mass is 127. The summed E-state index contributed by atoms with van der Waals surface area (Å²) in [6, 6.07) is 17.3. The minimum Gasteiger partial charge on any atom is -0.482 e. The van der Waals surface area contributed by atoms with E-state index in [1.807, 2.05) is 54.6 Å². The van der Waals surface area contributed by atoms with Gasteiger partial charge in [0.05, 0.1) is 10.7 Å². The van der Waals surface area contributed by atoms with E-state index in [1.54, 1.807) is 6.08 Å². The normalized spacial score (nSPS) is 11.3. The van der Waals surface area contributed by atoms with E-state index >= 15 is 0 Å². The predicted octanol–water partition coefficient (Wildman–Crippen LogP) is 4.17. The molecular weight excluding hydrogens is 483 g/mol. The lowest BCUT2D eigenvalue weighted by Gasteiger charge is -2.09. The van der Waals surface area contributed by atoms with Crippen LogP contribution in [0.25, 0.3) is 10.9 Å². The summed E-state index contributed by atoms with van der Waals surface area (Å²) in [7, 11) is 1.31. The van der Waals surface area contributed by atoms with E-state index in [-0.39, 0.29) is 18.3 Å². The number of fused-ring (bicyclic) bond motifs is 1. The Morgan fingerprint density at radius 3 is 2.55 bits per heavy atom. The highest BCUT2D eigenvalue weighted by molar-refractivity contribution is 14.1. The summed E-state index contributed by atoms with van der Waals surface area (Å²) in [5, 5.41) is 3.87. The first-order valence-electron chi connectivity index (χ1n) is 9.09. The van der Waals surface area contributed by atoms with Crippen molar-refractivity contribution in [3.63, 3.8) is 0 Å². The smallest absolute Gasteiger partial charge is 0.372 e. The third-order valence-electron chi connectivity index (χ3n) is 4.25. The van der Waals surface area contributed by atoms with Crippen LogP contribution in [-0.4, -0.2) is 30.5 Å². The molecule has 0 saturated carbocycles. The number of halogens is 1. The van der Waals surface area contributed by atoms with E-state index < -0.39 is 5.97 Å². The molecule has 1 heterocycles. The number of H-pyrrole nitrogens is 1. The molecule has 2 aromatic carbocycles. The number of carbonyl (C=O) groups is 2. The summed E-state index contributed by atoms with van der Waals surface area (Å²) in [4.78, 5) is 27.6. The number of para-hydroxylation sites is 1. The lowest BCUT2D eigenvalue weighted by molar-refractivity contribution is -0.140. The van der Waals surface area contributed by atoms with Gasteiger partial charge in [0, 0.05) is 17.4 Å². The molecule has 0 aliphatic heterocycles. The highest BCUT2D eigenvalue weighted by Crippen LogP contribution is 2.23. The van der Waals surface area contributed by atoms with Crippen LogP contribution < -0.4 is 5.32 Å². The number of rotatable bonds is 8. The zero-order chi connectivity index (χ0) is 20.6. The van der Waals surface area contributed by atoms with Gasteiger partial charge >= 0.3 is 5.97 Å². The van der Waals surface area contributed by atoms with Crippen molar-refractivity contribution in [3.05, 3.63) is 81.3 Å². The summed E-state index contributed by atoms with van der Waals surface area (Å²) in [5.41, 5.74) is 2.40. The van der Waals surface area contributed by atoms with Crippen LogP contribution in [0.5, 0.6) is 0 Å². The number of methoxy groups -OCH3 is 1. The Morgan fingerprint density at radius 2 is 1.83 bits per heavy atom. The van der Waals surface area contributed by atoms with Crippen molar-refractivity contribution in [1.82, 2.24) is 10.3 Å². The fourth-order valence-corrected chi connectivity index (χ4v) is 3.63. The van der Waals surface area contributed by atoms with Crippen LogP contribution >= 0.6 is 22.6 Å². The lowest BCUT2D eigenvalue weighted by atomic mass is 10.2. The van der Waals surface area contributed by atoms with Crippen molar-refractivity contribution < 1.29 is 19.1 Å². The molecule has 7 heteroatoms. The Hall–Kier alpha value is -2.81. The lowest BCUT2D eigenvalue weighted by Crippen LogP contribution is -2.25. The third-order valence-corrected chi connectivity index (χ3v) is 5.37. The van der Waals surface area contributed by atoms with Crippen LogP contribution in [0.2, 0.25) is 0 Å². The number of hydrogen-bond acceptors (Lipinski definition) is 4. The van der Waals surface area contributed by atoms with Crippen molar-refractivity contribution in [2.75, 3.05) is 13.7 Å². The molecule has 0 fully saturated rings. The Kier molecular flexibility index (Phi) is 7.29. The van der Waals surface area contributed by atoms with Crippen LogP contribution in [-0.2, 0) is 20.9 Å². The van der Waals surface area contributed by atoms with E-state index in [1.165, 1.54) is 7.11 Å². The molecule has 150 valence electrons. The number of hydrogen-bond donors (Lipinski definition) is 2. The third kappa shape index (κ3) is 5.38. The number of aromatic nitrogens is 1. The minimum atomic E-state index is -0.544. The van der Waals surface area contributed by atoms with Crippen molar-refractivity contribution in [2.24, 2.45) is 0 Å². The maximum Gasteiger partial charge on any atom is 0.372 e. The average molecular weight is 504 g/mol. The monoisotopic (exact) mass is 504 g/mol. The maximum absolute atomic E-state index is 12.5. The molecule has 1 amide bonds. The topological polar surface area (TPSA) is 80.4 Å². The standard InChI is InChI=1S/C22H21IN2O4/c1-28-22(27)18(29-14-15-8-3-2-4-9-15)12-7-13-24-21(26)20-19(23)16-10-5-6-11-17(16)25-20/h2-6,8-12,25H,7,13-14H2,1H3,(H,24,26)/b18-12+. The summed E-state index contributed by atoms with van der Waals surface area (Å²) in [6.07, 6.45) is 2.06. The summed E-state index contributed by atoms with van der Waals surface area (Å²) < 4.78 is 11.3. The number of nitrogens with one attached hydrogen (secondary N) is 2. The molecule has 3 rings (SSSR count). The van der Waals surface area contributed by atoms with Crippen LogP contribution in [0.1, 0.15) is 22.5 Å². The molecule has 0 radical (unpaired) electrons. The number of ether oxygens (including phenoxy) is 2. The van der Waals surface area contributed by atoms with Crippen molar-refractivity contribution >= 4 is 45.4 Å².